The van der Waals surface area contributed by atoms with E-state index in [0.717, 1.165) is 257 Å². The first-order valence-electron chi connectivity index (χ1n) is 31.9. The second kappa shape index (κ2) is 28.8. The van der Waals surface area contributed by atoms with Gasteiger partial charge in [0.15, 0.2) is 46.5 Å². The lowest BCUT2D eigenvalue weighted by atomic mass is 9.90. The Morgan fingerprint density at radius 1 is 0.225 bits per heavy atom. The second-order valence-electron chi connectivity index (χ2n) is 25.2. The van der Waals surface area contributed by atoms with Crippen LogP contribution in [0.25, 0.3) is 0 Å². The van der Waals surface area contributed by atoms with Crippen molar-refractivity contribution in [2.24, 2.45) is 10.2 Å². The number of hydrogen-bond donors (Lipinski definition) is 0. The van der Waals surface area contributed by atoms with Crippen molar-refractivity contribution >= 4 is 27.4 Å². The van der Waals surface area contributed by atoms with Crippen molar-refractivity contribution in [3.8, 4) is 0 Å². The van der Waals surface area contributed by atoms with Crippen molar-refractivity contribution in [2.45, 2.75) is 305 Å². The summed E-state index contributed by atoms with van der Waals surface area (Å²) in [6.45, 7) is 0. The highest BCUT2D eigenvalue weighted by Crippen LogP contribution is 2.62. The van der Waals surface area contributed by atoms with Crippen LogP contribution in [0.15, 0.2) is 10.2 Å². The average Bonchev–Trinajstić information content (AvgIpc) is 3.63. The van der Waals surface area contributed by atoms with Crippen LogP contribution >= 0.6 is 16.4 Å². The molecule has 0 amide bonds. The largest absolute Gasteiger partial charge is 0.259 e. The van der Waals surface area contributed by atoms with E-state index in [-0.39, 0.29) is 48.3 Å². The third-order valence-corrected chi connectivity index (χ3v) is 25.7. The molecule has 8 saturated carbocycles. The van der Waals surface area contributed by atoms with Crippen molar-refractivity contribution < 1.29 is 43.9 Å². The molecule has 0 N–H and O–H groups in total. The zero-order valence-corrected chi connectivity index (χ0v) is 49.0. The minimum atomic E-state index is -2.36. The molecule has 0 aliphatic heterocycles. The Morgan fingerprint density at radius 2 is 0.362 bits per heavy atom. The molecule has 8 aliphatic carbocycles. The van der Waals surface area contributed by atoms with Gasteiger partial charge in [-0.2, -0.15) is 0 Å². The molecule has 0 spiro atoms. The molecule has 0 radical (unpaired) electrons. The highest BCUT2D eigenvalue weighted by Gasteiger charge is 2.51. The van der Waals surface area contributed by atoms with E-state index < -0.39 is 96.7 Å². The Balaban J connectivity index is 1.35. The van der Waals surface area contributed by atoms with Crippen LogP contribution in [0.3, 0.4) is 0 Å². The fourth-order valence-electron chi connectivity index (χ4n) is 15.9. The predicted molar refractivity (Wildman–Crippen MR) is 302 cm³/mol. The van der Waals surface area contributed by atoms with Crippen molar-refractivity contribution in [1.82, 2.24) is 18.7 Å². The standard InChI is InChI=1S/C62H88F10N6P2/c63-51-49(52(64)56(68)59(71)55(51)67)61(79(75(41-25-9-1-10-26-41)42-27-11-2-12-28-42)76(43-29-13-3-14-30-43)44-31-15-4-16-32-44)73-74-62(50-53(65)57(69)60(72)58(70)54(50)66)80(77(45-33-17-5-18-34-45)46-35-19-6-20-36-46)78(47-37-21-7-22-38-47)48-39-23-8-24-40-48/h41-48H,1-40H2/b73-61-,74-62+. The molecule has 0 unspecified atom stereocenters. The normalized spacial score (nSPS) is 23.8. The van der Waals surface area contributed by atoms with Crippen molar-refractivity contribution in [3.63, 3.8) is 0 Å². The van der Waals surface area contributed by atoms with Crippen LogP contribution in [0, 0.1) is 58.2 Å². The average molecular weight is 1170 g/mol. The Bertz CT molecular complexity index is 2040. The molecule has 0 atom stereocenters. The minimum absolute atomic E-state index is 0.156. The summed E-state index contributed by atoms with van der Waals surface area (Å²) in [7, 11) is -4.72. The lowest BCUT2D eigenvalue weighted by molar-refractivity contribution is 0.135. The summed E-state index contributed by atoms with van der Waals surface area (Å²) >= 11 is 0. The van der Waals surface area contributed by atoms with Gasteiger partial charge in [-0.25, -0.2) is 43.9 Å². The molecule has 446 valence electrons. The maximum atomic E-state index is 17.7. The Labute approximate surface area is 472 Å². The molecule has 6 nitrogen and oxygen atoms in total. The minimum Gasteiger partial charge on any atom is -0.259 e. The van der Waals surface area contributed by atoms with E-state index in [2.05, 4.69) is 18.7 Å². The number of hydrogen-bond acceptors (Lipinski definition) is 6. The summed E-state index contributed by atoms with van der Waals surface area (Å²) in [5.41, 5.74) is -3.42. The first kappa shape index (κ1) is 60.9. The molecule has 0 saturated heterocycles. The summed E-state index contributed by atoms with van der Waals surface area (Å²) in [5, 5.41) is 10.1. The van der Waals surface area contributed by atoms with E-state index in [9.17, 15) is 0 Å². The van der Waals surface area contributed by atoms with E-state index in [1.54, 1.807) is 0 Å². The molecule has 80 heavy (non-hydrogen) atoms. The quantitative estimate of drug-likeness (QED) is 0.0395. The van der Waals surface area contributed by atoms with Crippen LogP contribution < -0.4 is 0 Å². The fourth-order valence-corrected chi connectivity index (χ4v) is 22.7. The molecule has 0 aromatic heterocycles. The lowest BCUT2D eigenvalue weighted by Crippen LogP contribution is -2.52. The van der Waals surface area contributed by atoms with Crippen LogP contribution in [0.4, 0.5) is 43.9 Å². The predicted octanol–water partition coefficient (Wildman–Crippen LogP) is 19.7. The van der Waals surface area contributed by atoms with Gasteiger partial charge in [-0.1, -0.05) is 154 Å². The third kappa shape index (κ3) is 13.3. The van der Waals surface area contributed by atoms with E-state index in [1.807, 2.05) is 0 Å². The SMILES string of the molecule is Fc1c(F)c(F)c(/C(=N/N=C(\c2c(F)c(F)c(F)c(F)c2F)P(N(C2CCCCC2)C2CCCCC2)N(C2CCCCC2)C2CCCCC2)P(N(C2CCCCC2)C2CCCCC2)N(C2CCCCC2)C2CCCCC2)c(F)c1F. The van der Waals surface area contributed by atoms with Crippen LogP contribution in [-0.4, -0.2) is 77.9 Å². The van der Waals surface area contributed by atoms with Gasteiger partial charge in [0.1, 0.15) is 10.9 Å². The van der Waals surface area contributed by atoms with E-state index in [0.29, 0.717) is 0 Å². The zero-order chi connectivity index (χ0) is 55.9. The molecule has 10 rings (SSSR count). The van der Waals surface area contributed by atoms with Crippen molar-refractivity contribution in [2.75, 3.05) is 0 Å². The number of rotatable bonds is 17. The highest BCUT2D eigenvalue weighted by atomic mass is 31.1. The molecule has 18 heteroatoms. The van der Waals surface area contributed by atoms with Gasteiger partial charge in [0.2, 0.25) is 11.6 Å². The summed E-state index contributed by atoms with van der Waals surface area (Å²) in [5.74, 6) is -21.5. The van der Waals surface area contributed by atoms with Crippen molar-refractivity contribution in [1.29, 1.82) is 0 Å². The molecular formula is C62H88F10N6P2. The van der Waals surface area contributed by atoms with E-state index in [4.69, 9.17) is 10.2 Å². The molecular weight excluding hydrogens is 1080 g/mol. The number of nitrogens with zero attached hydrogens (tertiary/aromatic N) is 6. The van der Waals surface area contributed by atoms with Gasteiger partial charge >= 0.3 is 0 Å². The monoisotopic (exact) mass is 1170 g/mol. The van der Waals surface area contributed by atoms with E-state index in [1.165, 1.54) is 0 Å². The molecule has 0 bridgehead atoms. The molecule has 8 aliphatic rings. The summed E-state index contributed by atoms with van der Waals surface area (Å²) in [6, 6.07) is -1.25. The smallest absolute Gasteiger partial charge is 0.200 e. The van der Waals surface area contributed by atoms with Crippen LogP contribution in [0.2, 0.25) is 0 Å². The zero-order valence-electron chi connectivity index (χ0n) is 47.3. The molecule has 0 heterocycles. The summed E-state index contributed by atoms with van der Waals surface area (Å²) in [4.78, 5) is 0. The lowest BCUT2D eigenvalue weighted by Gasteiger charge is -2.54. The van der Waals surface area contributed by atoms with E-state index >= 15 is 43.9 Å². The Hall–Kier alpha value is -2.22. The number of benzene rings is 2. The van der Waals surface area contributed by atoms with Gasteiger partial charge in [-0.15, -0.1) is 10.2 Å². The van der Waals surface area contributed by atoms with Crippen molar-refractivity contribution in [3.05, 3.63) is 69.3 Å². The second-order valence-corrected chi connectivity index (χ2v) is 29.0. The topological polar surface area (TPSA) is 37.7 Å². The van der Waals surface area contributed by atoms with Gasteiger partial charge in [0, 0.05) is 48.3 Å². The van der Waals surface area contributed by atoms with Crippen LogP contribution in [0.1, 0.15) is 268 Å². The van der Waals surface area contributed by atoms with Crippen LogP contribution in [-0.2, 0) is 0 Å². The summed E-state index contributed by atoms with van der Waals surface area (Å²) in [6.07, 6.45) is 33.7. The summed E-state index contributed by atoms with van der Waals surface area (Å²) < 4.78 is 177. The first-order chi connectivity index (χ1) is 39.0. The maximum absolute atomic E-state index is 17.7. The van der Waals surface area contributed by atoms with Gasteiger partial charge < -0.3 is 0 Å². The fraction of sp³-hybridized carbons (Fsp3) is 0.774. The first-order valence-corrected chi connectivity index (χ1v) is 34.4. The number of halogens is 10. The highest BCUT2D eigenvalue weighted by molar-refractivity contribution is 7.72. The third-order valence-electron chi connectivity index (χ3n) is 20.0. The maximum Gasteiger partial charge on any atom is 0.200 e. The molecule has 2 aromatic rings. The van der Waals surface area contributed by atoms with Gasteiger partial charge in [0.25, 0.3) is 0 Å². The molecule has 2 aromatic carbocycles. The van der Waals surface area contributed by atoms with Gasteiger partial charge in [-0.05, 0) is 103 Å². The molecule has 8 fully saturated rings. The Morgan fingerprint density at radius 3 is 0.512 bits per heavy atom. The van der Waals surface area contributed by atoms with Crippen LogP contribution in [0.5, 0.6) is 0 Å². The van der Waals surface area contributed by atoms with Gasteiger partial charge in [0.05, 0.1) is 27.6 Å². The Kier molecular flexibility index (Phi) is 21.9. The van der Waals surface area contributed by atoms with Gasteiger partial charge in [-0.3, -0.25) is 18.7 Å².